The summed E-state index contributed by atoms with van der Waals surface area (Å²) < 4.78 is 5.62. The van der Waals surface area contributed by atoms with E-state index in [0.29, 0.717) is 19.3 Å². The molecule has 2 aromatic rings. The lowest BCUT2D eigenvalue weighted by molar-refractivity contribution is -0.232. The highest BCUT2D eigenvalue weighted by Gasteiger charge is 2.44. The van der Waals surface area contributed by atoms with E-state index in [1.54, 1.807) is 12.1 Å². The number of hydrogen-bond donors (Lipinski definition) is 9. The predicted molar refractivity (Wildman–Crippen MR) is 140 cm³/mol. The fraction of sp³-hybridized carbons (Fsp3) is 0.536. The molecule has 0 radical (unpaired) electrons. The second-order valence-corrected chi connectivity index (χ2v) is 10.2. The van der Waals surface area contributed by atoms with Crippen molar-refractivity contribution in [3.63, 3.8) is 0 Å². The Hall–Kier alpha value is -2.61. The molecule has 216 valence electrons. The number of carbonyl (C=O) groups excluding carboxylic acids is 1. The standard InChI is InChI=1S/C28H39NO10/c1-16-9-21(34)20(27-26(38)25(37)24(36)22(12-30)39-27)11-19(16)10-18-7-5-17(6-8-18)3-2-4-23(35)29-28(13-31,14-32)15-33/h5-9,11,22,24-27,30-34,36-38H,2-4,10,12-15H2,1H3,(H,29,35)/t22-,24+,25+,26-,27+/m1/s1. The van der Waals surface area contributed by atoms with E-state index in [0.717, 1.165) is 22.3 Å². The minimum Gasteiger partial charge on any atom is -0.508 e. The number of rotatable bonds is 12. The predicted octanol–water partition coefficient (Wildman–Crippen LogP) is -1.04. The Kier molecular flexibility index (Phi) is 10.8. The van der Waals surface area contributed by atoms with Crippen molar-refractivity contribution < 1.29 is 50.4 Å². The lowest BCUT2D eigenvalue weighted by Crippen LogP contribution is -2.57. The van der Waals surface area contributed by atoms with Crippen molar-refractivity contribution in [3.8, 4) is 5.75 Å². The van der Waals surface area contributed by atoms with Crippen molar-refractivity contribution in [1.29, 1.82) is 0 Å². The summed E-state index contributed by atoms with van der Waals surface area (Å²) >= 11 is 0. The lowest BCUT2D eigenvalue weighted by atomic mass is 9.88. The molecule has 2 aromatic carbocycles. The first-order chi connectivity index (χ1) is 18.6. The average Bonchev–Trinajstić information content (AvgIpc) is 2.93. The van der Waals surface area contributed by atoms with Crippen LogP contribution < -0.4 is 5.32 Å². The number of phenolic OH excluding ortho intramolecular Hbond substituents is 1. The van der Waals surface area contributed by atoms with Crippen LogP contribution in [0.25, 0.3) is 0 Å². The molecule has 1 heterocycles. The van der Waals surface area contributed by atoms with Crippen molar-refractivity contribution in [2.75, 3.05) is 26.4 Å². The zero-order valence-electron chi connectivity index (χ0n) is 21.9. The Morgan fingerprint density at radius 1 is 0.923 bits per heavy atom. The van der Waals surface area contributed by atoms with Crippen LogP contribution in [0, 0.1) is 6.92 Å². The maximum atomic E-state index is 12.1. The third-order valence-electron chi connectivity index (χ3n) is 7.28. The molecule has 9 N–H and O–H groups in total. The van der Waals surface area contributed by atoms with E-state index in [1.165, 1.54) is 0 Å². The fourth-order valence-electron chi connectivity index (χ4n) is 4.66. The first kappa shape index (κ1) is 30.9. The Balaban J connectivity index is 1.64. The molecule has 1 fully saturated rings. The quantitative estimate of drug-likeness (QED) is 0.158. The molecular formula is C28H39NO10. The van der Waals surface area contributed by atoms with Gasteiger partial charge in [-0.15, -0.1) is 0 Å². The zero-order valence-corrected chi connectivity index (χ0v) is 21.9. The summed E-state index contributed by atoms with van der Waals surface area (Å²) in [6.45, 7) is -0.440. The maximum absolute atomic E-state index is 12.1. The number of carbonyl (C=O) groups is 1. The lowest BCUT2D eigenvalue weighted by Gasteiger charge is -2.40. The number of nitrogens with one attached hydrogen (secondary N) is 1. The van der Waals surface area contributed by atoms with Crippen LogP contribution in [0.4, 0.5) is 0 Å². The molecule has 0 spiro atoms. The van der Waals surface area contributed by atoms with Gasteiger partial charge in [0.25, 0.3) is 0 Å². The summed E-state index contributed by atoms with van der Waals surface area (Å²) in [4.78, 5) is 12.1. The number of aromatic hydroxyl groups is 1. The smallest absolute Gasteiger partial charge is 0.220 e. The van der Waals surface area contributed by atoms with Gasteiger partial charge in [-0.2, -0.15) is 0 Å². The van der Waals surface area contributed by atoms with Gasteiger partial charge in [0.05, 0.1) is 26.4 Å². The molecule has 0 saturated carbocycles. The second-order valence-electron chi connectivity index (χ2n) is 10.2. The van der Waals surface area contributed by atoms with Crippen molar-refractivity contribution in [3.05, 3.63) is 64.2 Å². The molecule has 0 bridgehead atoms. The van der Waals surface area contributed by atoms with E-state index in [9.17, 15) is 45.6 Å². The Labute approximate surface area is 227 Å². The van der Waals surface area contributed by atoms with Crippen molar-refractivity contribution in [1.82, 2.24) is 5.32 Å². The summed E-state index contributed by atoms with van der Waals surface area (Å²) in [5.74, 6) is -0.504. The maximum Gasteiger partial charge on any atom is 0.220 e. The first-order valence-electron chi connectivity index (χ1n) is 12.9. The summed E-state index contributed by atoms with van der Waals surface area (Å²) in [6, 6.07) is 11.0. The molecule has 0 aromatic heterocycles. The van der Waals surface area contributed by atoms with Gasteiger partial charge in [-0.1, -0.05) is 24.3 Å². The number of benzene rings is 2. The number of amides is 1. The van der Waals surface area contributed by atoms with Crippen LogP contribution in [-0.4, -0.2) is 103 Å². The largest absolute Gasteiger partial charge is 0.508 e. The minimum atomic E-state index is -1.55. The van der Waals surface area contributed by atoms with Crippen LogP contribution in [0.1, 0.15) is 46.8 Å². The van der Waals surface area contributed by atoms with E-state index in [2.05, 4.69) is 5.32 Å². The minimum absolute atomic E-state index is 0.130. The number of phenols is 1. The molecule has 1 saturated heterocycles. The highest BCUT2D eigenvalue weighted by atomic mass is 16.5. The monoisotopic (exact) mass is 549 g/mol. The summed E-state index contributed by atoms with van der Waals surface area (Å²) in [5.41, 5.74) is 2.45. The summed E-state index contributed by atoms with van der Waals surface area (Å²) in [7, 11) is 0. The van der Waals surface area contributed by atoms with E-state index >= 15 is 0 Å². The van der Waals surface area contributed by atoms with Gasteiger partial charge < -0.3 is 50.9 Å². The van der Waals surface area contributed by atoms with Crippen molar-refractivity contribution in [2.45, 2.75) is 68.7 Å². The molecule has 0 aliphatic carbocycles. The van der Waals surface area contributed by atoms with Crippen LogP contribution >= 0.6 is 0 Å². The Morgan fingerprint density at radius 3 is 2.13 bits per heavy atom. The SMILES string of the molecule is Cc1cc(O)c([C@@H]2O[C@H](CO)[C@H](O)[C@H](O)[C@H]2O)cc1Cc1ccc(CCCC(=O)NC(CO)(CO)CO)cc1. The van der Waals surface area contributed by atoms with Gasteiger partial charge in [-0.3, -0.25) is 4.79 Å². The highest BCUT2D eigenvalue weighted by Crippen LogP contribution is 2.38. The van der Waals surface area contributed by atoms with Crippen LogP contribution in [0.5, 0.6) is 5.75 Å². The van der Waals surface area contributed by atoms with Gasteiger partial charge in [0, 0.05) is 12.0 Å². The molecular weight excluding hydrogens is 510 g/mol. The Bertz CT molecular complexity index is 1080. The van der Waals surface area contributed by atoms with Gasteiger partial charge in [-0.05, 0) is 60.6 Å². The fourth-order valence-corrected chi connectivity index (χ4v) is 4.66. The van der Waals surface area contributed by atoms with Gasteiger partial charge in [0.15, 0.2) is 0 Å². The summed E-state index contributed by atoms with van der Waals surface area (Å²) in [5, 5.41) is 81.2. The van der Waals surface area contributed by atoms with Crippen LogP contribution in [0.3, 0.4) is 0 Å². The number of aliphatic hydroxyl groups excluding tert-OH is 7. The van der Waals surface area contributed by atoms with E-state index < -0.39 is 62.5 Å². The third kappa shape index (κ3) is 7.33. The average molecular weight is 550 g/mol. The Morgan fingerprint density at radius 2 is 1.54 bits per heavy atom. The normalized spacial score (nSPS) is 23.5. The number of hydrogen-bond acceptors (Lipinski definition) is 10. The molecule has 39 heavy (non-hydrogen) atoms. The topological polar surface area (TPSA) is 200 Å². The molecule has 0 unspecified atom stereocenters. The van der Waals surface area contributed by atoms with Gasteiger partial charge in [-0.25, -0.2) is 0 Å². The number of aryl methyl sites for hydroxylation is 2. The molecule has 1 amide bonds. The highest BCUT2D eigenvalue weighted by molar-refractivity contribution is 5.76. The summed E-state index contributed by atoms with van der Waals surface area (Å²) in [6.07, 6.45) is -4.95. The van der Waals surface area contributed by atoms with Crippen molar-refractivity contribution in [2.24, 2.45) is 0 Å². The molecule has 1 aliphatic heterocycles. The van der Waals surface area contributed by atoms with Gasteiger partial charge in [0.2, 0.25) is 5.91 Å². The molecule has 3 rings (SSSR count). The first-order valence-corrected chi connectivity index (χ1v) is 12.9. The van der Waals surface area contributed by atoms with E-state index in [1.807, 2.05) is 31.2 Å². The van der Waals surface area contributed by atoms with Gasteiger partial charge >= 0.3 is 0 Å². The van der Waals surface area contributed by atoms with Gasteiger partial charge in [0.1, 0.15) is 41.8 Å². The van der Waals surface area contributed by atoms with E-state index in [4.69, 9.17) is 4.74 Å². The van der Waals surface area contributed by atoms with Crippen LogP contribution in [0.2, 0.25) is 0 Å². The van der Waals surface area contributed by atoms with Crippen LogP contribution in [0.15, 0.2) is 36.4 Å². The van der Waals surface area contributed by atoms with Crippen molar-refractivity contribution >= 4 is 5.91 Å². The van der Waals surface area contributed by atoms with E-state index in [-0.39, 0.29) is 23.6 Å². The molecule has 5 atom stereocenters. The second kappa shape index (κ2) is 13.6. The zero-order chi connectivity index (χ0) is 28.7. The molecule has 1 aliphatic rings. The molecule has 11 nitrogen and oxygen atoms in total. The van der Waals surface area contributed by atoms with Crippen LogP contribution in [-0.2, 0) is 22.4 Å². The number of ether oxygens (including phenoxy) is 1. The molecule has 11 heteroatoms. The third-order valence-corrected chi connectivity index (χ3v) is 7.28. The number of aliphatic hydroxyl groups is 7.